The summed E-state index contributed by atoms with van der Waals surface area (Å²) in [6.07, 6.45) is -3.33. The third-order valence-corrected chi connectivity index (χ3v) is 2.14. The quantitative estimate of drug-likeness (QED) is 0.737. The van der Waals surface area contributed by atoms with Crippen molar-refractivity contribution in [3.63, 3.8) is 0 Å². The van der Waals surface area contributed by atoms with Gasteiger partial charge in [0.05, 0.1) is 17.6 Å². The molecule has 0 spiro atoms. The maximum Gasteiger partial charge on any atom is 0.417 e. The number of nitrogens with zero attached hydrogens (tertiary/aromatic N) is 1. The van der Waals surface area contributed by atoms with Gasteiger partial charge >= 0.3 is 6.18 Å². The highest BCUT2D eigenvalue weighted by Crippen LogP contribution is 2.32. The minimum Gasteiger partial charge on any atom is -0.346 e. The molecular formula is C8H7F3N2S. The van der Waals surface area contributed by atoms with Gasteiger partial charge in [0.15, 0.2) is 0 Å². The predicted octanol–water partition coefficient (Wildman–Crippen LogP) is 3.02. The number of nitrogens with one attached hydrogen (secondary N) is 1. The van der Waals surface area contributed by atoms with E-state index in [0.29, 0.717) is 0 Å². The number of aromatic amines is 1. The molecule has 0 aliphatic rings. The van der Waals surface area contributed by atoms with Crippen LogP contribution in [0.5, 0.6) is 0 Å². The average molecular weight is 220 g/mol. The van der Waals surface area contributed by atoms with Gasteiger partial charge in [-0.2, -0.15) is 13.2 Å². The van der Waals surface area contributed by atoms with Crippen LogP contribution < -0.4 is 0 Å². The Bertz CT molecular complexity index is 419. The van der Waals surface area contributed by atoms with Crippen molar-refractivity contribution < 1.29 is 13.2 Å². The summed E-state index contributed by atoms with van der Waals surface area (Å²) in [5.41, 5.74) is -0.772. The van der Waals surface area contributed by atoms with Gasteiger partial charge in [0, 0.05) is 5.56 Å². The van der Waals surface area contributed by atoms with Gasteiger partial charge in [-0.15, -0.1) is 0 Å². The second-order valence-electron chi connectivity index (χ2n) is 2.68. The maximum atomic E-state index is 12.3. The van der Waals surface area contributed by atoms with Crippen LogP contribution in [0.1, 0.15) is 11.3 Å². The SMILES string of the molecule is C=C(c1[nH]cnc(=S)c1C)C(F)(F)F. The zero-order valence-corrected chi connectivity index (χ0v) is 8.09. The first-order valence-corrected chi connectivity index (χ1v) is 4.05. The standard InChI is InChI=1S/C8H7F3N2S/c1-4-6(5(2)8(9,10)11)12-3-13-7(4)14/h3H,2H2,1H3,(H,12,13,14). The van der Waals surface area contributed by atoms with Crippen LogP contribution in [0.15, 0.2) is 12.9 Å². The zero-order chi connectivity index (χ0) is 10.9. The van der Waals surface area contributed by atoms with Gasteiger partial charge in [-0.1, -0.05) is 18.8 Å². The lowest BCUT2D eigenvalue weighted by atomic mass is 10.1. The fourth-order valence-corrected chi connectivity index (χ4v) is 1.08. The highest BCUT2D eigenvalue weighted by atomic mass is 32.1. The first kappa shape index (κ1) is 10.9. The van der Waals surface area contributed by atoms with E-state index in [4.69, 9.17) is 12.2 Å². The first-order valence-electron chi connectivity index (χ1n) is 3.65. The molecule has 0 saturated carbocycles. The fraction of sp³-hybridized carbons (Fsp3) is 0.250. The van der Waals surface area contributed by atoms with Gasteiger partial charge in [-0.25, -0.2) is 4.98 Å². The Morgan fingerprint density at radius 1 is 1.57 bits per heavy atom. The van der Waals surface area contributed by atoms with E-state index >= 15 is 0 Å². The summed E-state index contributed by atoms with van der Waals surface area (Å²) in [4.78, 5) is 6.04. The van der Waals surface area contributed by atoms with E-state index in [2.05, 4.69) is 16.5 Å². The van der Waals surface area contributed by atoms with Gasteiger partial charge in [-0.3, -0.25) is 0 Å². The molecule has 1 aromatic rings. The molecular weight excluding hydrogens is 213 g/mol. The van der Waals surface area contributed by atoms with Crippen LogP contribution >= 0.6 is 12.2 Å². The van der Waals surface area contributed by atoms with Crippen LogP contribution in [-0.2, 0) is 0 Å². The van der Waals surface area contributed by atoms with Crippen LogP contribution in [0.4, 0.5) is 13.2 Å². The van der Waals surface area contributed by atoms with Gasteiger partial charge in [0.1, 0.15) is 4.64 Å². The minimum atomic E-state index is -4.45. The number of H-pyrrole nitrogens is 1. The third kappa shape index (κ3) is 2.01. The monoisotopic (exact) mass is 220 g/mol. The minimum absolute atomic E-state index is 0.113. The van der Waals surface area contributed by atoms with Gasteiger partial charge < -0.3 is 4.98 Å². The largest absolute Gasteiger partial charge is 0.417 e. The van der Waals surface area contributed by atoms with Crippen LogP contribution in [-0.4, -0.2) is 16.1 Å². The summed E-state index contributed by atoms with van der Waals surface area (Å²) in [5.74, 6) is 0. The van der Waals surface area contributed by atoms with E-state index in [1.807, 2.05) is 0 Å². The molecule has 1 aromatic heterocycles. The van der Waals surface area contributed by atoms with E-state index in [0.717, 1.165) is 6.33 Å². The Labute approximate surface area is 83.5 Å². The topological polar surface area (TPSA) is 28.7 Å². The highest BCUT2D eigenvalue weighted by Gasteiger charge is 2.34. The third-order valence-electron chi connectivity index (χ3n) is 1.73. The molecule has 0 aromatic carbocycles. The summed E-state index contributed by atoms with van der Waals surface area (Å²) in [6.45, 7) is 4.44. The molecule has 0 unspecified atom stereocenters. The Kier molecular flexibility index (Phi) is 2.75. The number of allylic oxidation sites excluding steroid dienone is 1. The Balaban J connectivity index is 3.28. The van der Waals surface area contributed by atoms with Crippen molar-refractivity contribution >= 4 is 17.8 Å². The first-order chi connectivity index (χ1) is 6.34. The van der Waals surface area contributed by atoms with E-state index in [9.17, 15) is 13.2 Å². The van der Waals surface area contributed by atoms with Crippen molar-refractivity contribution in [1.29, 1.82) is 0 Å². The second-order valence-corrected chi connectivity index (χ2v) is 3.07. The molecule has 0 atom stereocenters. The highest BCUT2D eigenvalue weighted by molar-refractivity contribution is 7.71. The van der Waals surface area contributed by atoms with Crippen LogP contribution in [0.2, 0.25) is 0 Å². The average Bonchev–Trinajstić information content (AvgIpc) is 2.07. The van der Waals surface area contributed by atoms with Crippen molar-refractivity contribution in [2.75, 3.05) is 0 Å². The molecule has 1 N–H and O–H groups in total. The smallest absolute Gasteiger partial charge is 0.346 e. The molecule has 1 rings (SSSR count). The molecule has 2 nitrogen and oxygen atoms in total. The molecule has 1 heterocycles. The number of hydrogen-bond acceptors (Lipinski definition) is 2. The van der Waals surface area contributed by atoms with Crippen molar-refractivity contribution in [2.45, 2.75) is 13.1 Å². The van der Waals surface area contributed by atoms with Crippen molar-refractivity contribution in [1.82, 2.24) is 9.97 Å². The Hall–Kier alpha value is -1.17. The summed E-state index contributed by atoms with van der Waals surface area (Å²) in [6, 6.07) is 0. The molecule has 0 radical (unpaired) electrons. The van der Waals surface area contributed by atoms with Gasteiger partial charge in [-0.05, 0) is 6.92 Å². The maximum absolute atomic E-state index is 12.3. The van der Waals surface area contributed by atoms with E-state index in [1.165, 1.54) is 6.92 Å². The zero-order valence-electron chi connectivity index (χ0n) is 7.27. The summed E-state index contributed by atoms with van der Waals surface area (Å²) < 4.78 is 37.0. The Morgan fingerprint density at radius 2 is 2.14 bits per heavy atom. The van der Waals surface area contributed by atoms with Crippen LogP contribution in [0.3, 0.4) is 0 Å². The molecule has 0 aliphatic carbocycles. The molecule has 6 heteroatoms. The predicted molar refractivity (Wildman–Crippen MR) is 49.2 cm³/mol. The molecule has 14 heavy (non-hydrogen) atoms. The molecule has 0 aliphatic heterocycles. The lowest BCUT2D eigenvalue weighted by molar-refractivity contribution is -0.0689. The van der Waals surface area contributed by atoms with E-state index in [1.54, 1.807) is 0 Å². The van der Waals surface area contributed by atoms with Crippen molar-refractivity contribution in [3.05, 3.63) is 28.8 Å². The van der Waals surface area contributed by atoms with Gasteiger partial charge in [0.25, 0.3) is 0 Å². The second kappa shape index (κ2) is 3.53. The van der Waals surface area contributed by atoms with Gasteiger partial charge in [0.2, 0.25) is 0 Å². The Morgan fingerprint density at radius 3 is 2.64 bits per heavy atom. The molecule has 0 saturated heterocycles. The molecule has 0 amide bonds. The summed E-state index contributed by atoms with van der Waals surface area (Å²) in [5, 5.41) is 0. The fourth-order valence-electron chi connectivity index (χ4n) is 0.923. The summed E-state index contributed by atoms with van der Waals surface area (Å²) >= 11 is 4.74. The van der Waals surface area contributed by atoms with Crippen molar-refractivity contribution in [3.8, 4) is 0 Å². The number of hydrogen-bond donors (Lipinski definition) is 1. The molecule has 0 fully saturated rings. The van der Waals surface area contributed by atoms with Crippen LogP contribution in [0, 0.1) is 11.6 Å². The van der Waals surface area contributed by atoms with E-state index in [-0.39, 0.29) is 15.9 Å². The molecule has 0 bridgehead atoms. The van der Waals surface area contributed by atoms with E-state index < -0.39 is 11.7 Å². The van der Waals surface area contributed by atoms with Crippen LogP contribution in [0.25, 0.3) is 5.57 Å². The number of halogens is 3. The number of rotatable bonds is 1. The normalized spacial score (nSPS) is 11.4. The van der Waals surface area contributed by atoms with Crippen molar-refractivity contribution in [2.24, 2.45) is 0 Å². The summed E-state index contributed by atoms with van der Waals surface area (Å²) in [7, 11) is 0. The number of aromatic nitrogens is 2. The number of alkyl halides is 3. The molecule has 76 valence electrons. The lowest BCUT2D eigenvalue weighted by Gasteiger charge is -2.11. The lowest BCUT2D eigenvalue weighted by Crippen LogP contribution is -2.12.